The third kappa shape index (κ3) is 8.38. The van der Waals surface area contributed by atoms with E-state index >= 15 is 0 Å². The Morgan fingerprint density at radius 1 is 1.04 bits per heavy atom. The molecule has 8 nitrogen and oxygen atoms in total. The predicted octanol–water partition coefficient (Wildman–Crippen LogP) is 1.29. The second-order valence-electron chi connectivity index (χ2n) is 5.84. The van der Waals surface area contributed by atoms with Crippen LogP contribution in [-0.4, -0.2) is 34.0 Å². The van der Waals surface area contributed by atoms with Gasteiger partial charge >= 0.3 is 21.0 Å². The van der Waals surface area contributed by atoms with E-state index in [1.807, 2.05) is 20.8 Å². The normalized spacial score (nSPS) is 14.2. The minimum atomic E-state index is -5.41. The first-order valence-electron chi connectivity index (χ1n) is 6.51. The van der Waals surface area contributed by atoms with Crippen LogP contribution in [0.15, 0.2) is 18.2 Å². The Bertz CT molecular complexity index is 736. The van der Waals surface area contributed by atoms with Gasteiger partial charge in [0.15, 0.2) is 0 Å². The largest absolute Gasteiger partial charge is 0.488 e. The van der Waals surface area contributed by atoms with Crippen LogP contribution in [0.3, 0.4) is 0 Å². The van der Waals surface area contributed by atoms with Crippen LogP contribution >= 0.6 is 0 Å². The third-order valence-electron chi connectivity index (χ3n) is 2.50. The van der Waals surface area contributed by atoms with Crippen LogP contribution in [0.2, 0.25) is 0 Å². The number of β-amino-alcohol motifs (C(OH)–C–C–N with tert-alkyl or cyclic N) is 1. The molecule has 1 aromatic rings. The Labute approximate surface area is 139 Å². The van der Waals surface area contributed by atoms with Crippen LogP contribution in [0.4, 0.5) is 7.77 Å². The quantitative estimate of drug-likeness (QED) is 0.670. The molecule has 1 unspecified atom stereocenters. The zero-order chi connectivity index (χ0) is 18.8. The highest BCUT2D eigenvalue weighted by atomic mass is 32.3. The van der Waals surface area contributed by atoms with E-state index in [1.165, 1.54) is 0 Å². The van der Waals surface area contributed by atoms with Crippen LogP contribution in [0.1, 0.15) is 32.4 Å². The summed E-state index contributed by atoms with van der Waals surface area (Å²) in [6, 6.07) is 2.54. The molecule has 12 heteroatoms. The second-order valence-corrected chi connectivity index (χ2v) is 7.74. The molecule has 0 aliphatic carbocycles. The van der Waals surface area contributed by atoms with Crippen molar-refractivity contribution in [2.45, 2.75) is 32.4 Å². The van der Waals surface area contributed by atoms with Gasteiger partial charge in [0, 0.05) is 18.2 Å². The maximum Gasteiger partial charge on any atom is 0.488 e. The lowest BCUT2D eigenvalue weighted by Crippen LogP contribution is -2.38. The number of halogens is 2. The molecule has 138 valence electrons. The maximum atomic E-state index is 12.6. The molecule has 0 aromatic heterocycles. The van der Waals surface area contributed by atoms with Crippen molar-refractivity contribution < 1.29 is 38.1 Å². The highest BCUT2D eigenvalue weighted by Crippen LogP contribution is 2.29. The summed E-state index contributed by atoms with van der Waals surface area (Å²) < 4.78 is 75.3. The lowest BCUT2D eigenvalue weighted by atomic mass is 10.1. The van der Waals surface area contributed by atoms with Gasteiger partial charge in [-0.1, -0.05) is 7.77 Å². The summed E-state index contributed by atoms with van der Waals surface area (Å²) in [5, 5.41) is 13.0. The van der Waals surface area contributed by atoms with Crippen molar-refractivity contribution in [2.24, 2.45) is 0 Å². The lowest BCUT2D eigenvalue weighted by molar-refractivity contribution is 0.163. The summed E-state index contributed by atoms with van der Waals surface area (Å²) in [7, 11) is -10.8. The smallest absolute Gasteiger partial charge is 0.387 e. The predicted molar refractivity (Wildman–Crippen MR) is 80.5 cm³/mol. The highest BCUT2D eigenvalue weighted by Gasteiger charge is 2.19. The van der Waals surface area contributed by atoms with Gasteiger partial charge in [0.25, 0.3) is 0 Å². The zero-order valence-electron chi connectivity index (χ0n) is 13.0. The molecule has 0 saturated carbocycles. The number of nitrogens with one attached hydrogen (secondary N) is 1. The monoisotopic (exact) mass is 389 g/mol. The molecule has 0 aliphatic rings. The summed E-state index contributed by atoms with van der Waals surface area (Å²) in [6.45, 7) is 5.44. The van der Waals surface area contributed by atoms with Gasteiger partial charge in [0.1, 0.15) is 11.5 Å². The van der Waals surface area contributed by atoms with Crippen molar-refractivity contribution in [3.8, 4) is 11.5 Å². The molecule has 1 aromatic carbocycles. The molecule has 1 rings (SSSR count). The molecular weight excluding hydrogens is 372 g/mol. The van der Waals surface area contributed by atoms with E-state index in [0.717, 1.165) is 12.1 Å². The van der Waals surface area contributed by atoms with Gasteiger partial charge in [-0.3, -0.25) is 0 Å². The SMILES string of the molecule is CC(C)(C)NCC(O)c1cc(OS(=O)(=O)F)cc(OS(=O)(=O)F)c1. The summed E-state index contributed by atoms with van der Waals surface area (Å²) in [6.07, 6.45) is -1.26. The van der Waals surface area contributed by atoms with Crippen molar-refractivity contribution in [3.05, 3.63) is 23.8 Å². The van der Waals surface area contributed by atoms with Crippen molar-refractivity contribution in [1.82, 2.24) is 5.32 Å². The van der Waals surface area contributed by atoms with Crippen LogP contribution in [0.5, 0.6) is 11.5 Å². The molecule has 0 saturated heterocycles. The van der Waals surface area contributed by atoms with Gasteiger partial charge in [0.2, 0.25) is 0 Å². The first-order chi connectivity index (χ1) is 10.6. The van der Waals surface area contributed by atoms with E-state index in [0.29, 0.717) is 6.07 Å². The molecule has 0 aliphatic heterocycles. The summed E-state index contributed by atoms with van der Waals surface area (Å²) in [5.41, 5.74) is -0.439. The first-order valence-corrected chi connectivity index (χ1v) is 9.12. The Hall–Kier alpha value is -1.50. The van der Waals surface area contributed by atoms with Crippen LogP contribution in [0, 0.1) is 0 Å². The molecule has 2 N–H and O–H groups in total. The molecule has 0 amide bonds. The number of hydrogen-bond acceptors (Lipinski definition) is 8. The van der Waals surface area contributed by atoms with E-state index in [2.05, 4.69) is 13.7 Å². The van der Waals surface area contributed by atoms with Crippen molar-refractivity contribution in [3.63, 3.8) is 0 Å². The van der Waals surface area contributed by atoms with Gasteiger partial charge in [-0.25, -0.2) is 0 Å². The van der Waals surface area contributed by atoms with Crippen molar-refractivity contribution in [1.29, 1.82) is 0 Å². The van der Waals surface area contributed by atoms with Gasteiger partial charge < -0.3 is 18.8 Å². The van der Waals surface area contributed by atoms with Crippen LogP contribution in [-0.2, 0) is 21.0 Å². The third-order valence-corrected chi connectivity index (χ3v) is 3.29. The first kappa shape index (κ1) is 20.5. The standard InChI is InChI=1S/C12H17F2NO7S2/c1-12(2,3)15-7-11(16)8-4-9(21-23(13,17)18)6-10(5-8)22-24(14,19)20/h4-6,11,15-16H,7H2,1-3H3. The van der Waals surface area contributed by atoms with Gasteiger partial charge in [-0.2, -0.15) is 16.8 Å². The second kappa shape index (κ2) is 7.17. The highest BCUT2D eigenvalue weighted by molar-refractivity contribution is 7.82. The average molecular weight is 389 g/mol. The minimum absolute atomic E-state index is 0.0167. The number of hydrogen-bond donors (Lipinski definition) is 2. The molecule has 0 spiro atoms. The molecule has 0 radical (unpaired) electrons. The fourth-order valence-electron chi connectivity index (χ4n) is 1.63. The van der Waals surface area contributed by atoms with Gasteiger partial charge in [-0.05, 0) is 38.5 Å². The van der Waals surface area contributed by atoms with Crippen molar-refractivity contribution in [2.75, 3.05) is 6.54 Å². The van der Waals surface area contributed by atoms with Crippen LogP contribution < -0.4 is 13.7 Å². The number of rotatable bonds is 7. The Kier molecular flexibility index (Phi) is 6.14. The average Bonchev–Trinajstić information content (AvgIpc) is 2.30. The van der Waals surface area contributed by atoms with E-state index in [-0.39, 0.29) is 17.6 Å². The number of aliphatic hydroxyl groups excluding tert-OH is 1. The van der Waals surface area contributed by atoms with E-state index in [1.54, 1.807) is 0 Å². The van der Waals surface area contributed by atoms with E-state index in [9.17, 15) is 29.7 Å². The molecule has 24 heavy (non-hydrogen) atoms. The summed E-state index contributed by atoms with van der Waals surface area (Å²) >= 11 is 0. The zero-order valence-corrected chi connectivity index (χ0v) is 14.6. The fraction of sp³-hybridized carbons (Fsp3) is 0.500. The molecule has 0 bridgehead atoms. The van der Waals surface area contributed by atoms with Gasteiger partial charge in [-0.15, -0.1) is 0 Å². The van der Waals surface area contributed by atoms with Crippen LogP contribution in [0.25, 0.3) is 0 Å². The van der Waals surface area contributed by atoms with Gasteiger partial charge in [0.05, 0.1) is 6.10 Å². The summed E-state index contributed by atoms with van der Waals surface area (Å²) in [5.74, 6) is -1.38. The topological polar surface area (TPSA) is 119 Å². The maximum absolute atomic E-state index is 12.6. The van der Waals surface area contributed by atoms with E-state index < -0.39 is 38.6 Å². The minimum Gasteiger partial charge on any atom is -0.387 e. The molecule has 0 heterocycles. The molecule has 0 fully saturated rings. The molecule has 1 atom stereocenters. The number of benzene rings is 1. The summed E-state index contributed by atoms with van der Waals surface area (Å²) in [4.78, 5) is 0. The Balaban J connectivity index is 3.17. The van der Waals surface area contributed by atoms with Crippen molar-refractivity contribution >= 4 is 21.0 Å². The molecular formula is C12H17F2NO7S2. The fourth-order valence-corrected chi connectivity index (χ4v) is 2.29. The van der Waals surface area contributed by atoms with E-state index in [4.69, 9.17) is 0 Å². The Morgan fingerprint density at radius 3 is 1.79 bits per heavy atom. The number of aliphatic hydroxyl groups is 1. The Morgan fingerprint density at radius 2 is 1.46 bits per heavy atom. The lowest BCUT2D eigenvalue weighted by Gasteiger charge is -2.23.